The zero-order chi connectivity index (χ0) is 18.7. The number of benzene rings is 1. The van der Waals surface area contributed by atoms with E-state index in [1.54, 1.807) is 24.5 Å². The van der Waals surface area contributed by atoms with Gasteiger partial charge >= 0.3 is 6.03 Å². The lowest BCUT2D eigenvalue weighted by molar-refractivity contribution is -0.134. The highest BCUT2D eigenvalue weighted by atomic mass is 19.1. The van der Waals surface area contributed by atoms with E-state index in [1.807, 2.05) is 0 Å². The predicted octanol–water partition coefficient (Wildman–Crippen LogP) is 1.30. The van der Waals surface area contributed by atoms with Gasteiger partial charge in [-0.3, -0.25) is 19.5 Å². The lowest BCUT2D eigenvalue weighted by atomic mass is 9.92. The summed E-state index contributed by atoms with van der Waals surface area (Å²) in [6.07, 6.45) is 3.23. The first-order valence-electron chi connectivity index (χ1n) is 7.96. The van der Waals surface area contributed by atoms with E-state index in [9.17, 15) is 18.8 Å². The molecule has 1 aromatic heterocycles. The van der Waals surface area contributed by atoms with Gasteiger partial charge in [0.2, 0.25) is 5.91 Å². The van der Waals surface area contributed by atoms with Gasteiger partial charge < -0.3 is 10.6 Å². The second kappa shape index (κ2) is 6.91. The molecule has 0 unspecified atom stereocenters. The number of nitrogens with zero attached hydrogens (tertiary/aromatic N) is 2. The summed E-state index contributed by atoms with van der Waals surface area (Å²) in [4.78, 5) is 41.8. The van der Waals surface area contributed by atoms with Crippen LogP contribution < -0.4 is 10.6 Å². The largest absolute Gasteiger partial charge is 0.350 e. The Morgan fingerprint density at radius 2 is 2.00 bits per heavy atom. The van der Waals surface area contributed by atoms with E-state index >= 15 is 0 Å². The Hall–Kier alpha value is -3.29. The van der Waals surface area contributed by atoms with Crippen molar-refractivity contribution in [3.63, 3.8) is 0 Å². The molecule has 0 radical (unpaired) electrons. The molecule has 0 bridgehead atoms. The van der Waals surface area contributed by atoms with Crippen LogP contribution in [0.25, 0.3) is 0 Å². The summed E-state index contributed by atoms with van der Waals surface area (Å²) in [6, 6.07) is 8.16. The number of amides is 4. The molecule has 26 heavy (non-hydrogen) atoms. The fourth-order valence-corrected chi connectivity index (χ4v) is 2.72. The lowest BCUT2D eigenvalue weighted by Gasteiger charge is -2.22. The Balaban J connectivity index is 1.67. The number of nitrogens with one attached hydrogen (secondary N) is 2. The van der Waals surface area contributed by atoms with Crippen LogP contribution in [0.15, 0.2) is 48.8 Å². The number of urea groups is 1. The smallest absolute Gasteiger partial charge is 0.325 e. The molecule has 1 atom stereocenters. The molecule has 7 nitrogen and oxygen atoms in total. The third-order valence-electron chi connectivity index (χ3n) is 4.21. The molecule has 1 aromatic carbocycles. The summed E-state index contributed by atoms with van der Waals surface area (Å²) >= 11 is 0. The van der Waals surface area contributed by atoms with Crippen LogP contribution in [0.3, 0.4) is 0 Å². The van der Waals surface area contributed by atoms with Crippen LogP contribution in [0.5, 0.6) is 0 Å². The van der Waals surface area contributed by atoms with E-state index in [0.717, 1.165) is 10.5 Å². The van der Waals surface area contributed by atoms with Crippen LogP contribution in [0.4, 0.5) is 9.18 Å². The third-order valence-corrected chi connectivity index (χ3v) is 4.21. The lowest BCUT2D eigenvalue weighted by Crippen LogP contribution is -2.43. The van der Waals surface area contributed by atoms with E-state index in [4.69, 9.17) is 0 Å². The monoisotopic (exact) mass is 356 g/mol. The van der Waals surface area contributed by atoms with Crippen LogP contribution in [-0.4, -0.2) is 34.3 Å². The van der Waals surface area contributed by atoms with Crippen LogP contribution in [0.1, 0.15) is 18.1 Å². The molecule has 0 saturated carbocycles. The first-order chi connectivity index (χ1) is 12.4. The quantitative estimate of drug-likeness (QED) is 0.790. The van der Waals surface area contributed by atoms with Gasteiger partial charge in [-0.2, -0.15) is 0 Å². The molecule has 4 amide bonds. The number of aromatic nitrogens is 1. The maximum atomic E-state index is 13.1. The first-order valence-corrected chi connectivity index (χ1v) is 7.96. The molecule has 1 aliphatic rings. The number of hydrogen-bond donors (Lipinski definition) is 2. The molecule has 1 fully saturated rings. The standard InChI is InChI=1S/C18H17FN4O3/c1-18(13-4-6-14(19)7-5-13)16(25)23(17(26)22-18)11-15(24)21-10-12-3-2-8-20-9-12/h2-9H,10-11H2,1H3,(H,21,24)(H,22,26)/t18-/m0/s1. The second-order valence-electron chi connectivity index (χ2n) is 6.09. The number of imide groups is 1. The molecule has 2 N–H and O–H groups in total. The van der Waals surface area contributed by atoms with Crippen molar-refractivity contribution < 1.29 is 18.8 Å². The number of pyridine rings is 1. The summed E-state index contributed by atoms with van der Waals surface area (Å²) < 4.78 is 13.1. The fraction of sp³-hybridized carbons (Fsp3) is 0.222. The van der Waals surface area contributed by atoms with Crippen molar-refractivity contribution in [2.24, 2.45) is 0 Å². The van der Waals surface area contributed by atoms with Crippen LogP contribution >= 0.6 is 0 Å². The minimum Gasteiger partial charge on any atom is -0.350 e. The van der Waals surface area contributed by atoms with Gasteiger partial charge in [-0.25, -0.2) is 9.18 Å². The maximum absolute atomic E-state index is 13.1. The molecule has 2 heterocycles. The minimum atomic E-state index is -1.34. The van der Waals surface area contributed by atoms with Gasteiger partial charge in [-0.1, -0.05) is 18.2 Å². The van der Waals surface area contributed by atoms with Gasteiger partial charge in [0.05, 0.1) is 0 Å². The van der Waals surface area contributed by atoms with Gasteiger partial charge in [0.1, 0.15) is 17.9 Å². The van der Waals surface area contributed by atoms with Crippen molar-refractivity contribution in [2.75, 3.05) is 6.54 Å². The van der Waals surface area contributed by atoms with Crippen molar-refractivity contribution in [1.82, 2.24) is 20.5 Å². The Bertz CT molecular complexity index is 841. The molecule has 1 aliphatic heterocycles. The number of carbonyl (C=O) groups excluding carboxylic acids is 3. The van der Waals surface area contributed by atoms with E-state index in [1.165, 1.54) is 31.2 Å². The summed E-state index contributed by atoms with van der Waals surface area (Å²) in [5.74, 6) is -1.48. The maximum Gasteiger partial charge on any atom is 0.325 e. The average Bonchev–Trinajstić information content (AvgIpc) is 2.85. The topological polar surface area (TPSA) is 91.4 Å². The molecule has 0 spiro atoms. The molecule has 1 saturated heterocycles. The Morgan fingerprint density at radius 1 is 1.27 bits per heavy atom. The minimum absolute atomic E-state index is 0.242. The highest BCUT2D eigenvalue weighted by Gasteiger charge is 2.49. The summed E-state index contributed by atoms with van der Waals surface area (Å²) in [7, 11) is 0. The molecule has 3 rings (SSSR count). The van der Waals surface area contributed by atoms with Crippen molar-refractivity contribution in [1.29, 1.82) is 0 Å². The van der Waals surface area contributed by atoms with Gasteiger partial charge in [-0.15, -0.1) is 0 Å². The van der Waals surface area contributed by atoms with Gasteiger partial charge in [0.15, 0.2) is 0 Å². The summed E-state index contributed by atoms with van der Waals surface area (Å²) in [6.45, 7) is 1.36. The van der Waals surface area contributed by atoms with E-state index < -0.39 is 35.7 Å². The highest BCUT2D eigenvalue weighted by Crippen LogP contribution is 2.28. The van der Waals surface area contributed by atoms with Gasteiger partial charge in [0.25, 0.3) is 5.91 Å². The molecule has 0 aliphatic carbocycles. The van der Waals surface area contributed by atoms with E-state index in [-0.39, 0.29) is 6.54 Å². The van der Waals surface area contributed by atoms with Crippen molar-refractivity contribution in [3.8, 4) is 0 Å². The predicted molar refractivity (Wildman–Crippen MR) is 90.1 cm³/mol. The third kappa shape index (κ3) is 3.39. The van der Waals surface area contributed by atoms with Crippen molar-refractivity contribution in [2.45, 2.75) is 19.0 Å². The van der Waals surface area contributed by atoms with Crippen LogP contribution in [0.2, 0.25) is 0 Å². The second-order valence-corrected chi connectivity index (χ2v) is 6.09. The Kier molecular flexibility index (Phi) is 4.66. The Labute approximate surface area is 149 Å². The highest BCUT2D eigenvalue weighted by molar-refractivity contribution is 6.09. The van der Waals surface area contributed by atoms with Crippen LogP contribution in [0, 0.1) is 5.82 Å². The average molecular weight is 356 g/mol. The number of carbonyl (C=O) groups is 3. The van der Waals surface area contributed by atoms with Gasteiger partial charge in [-0.05, 0) is 36.2 Å². The molecule has 2 aromatic rings. The summed E-state index contributed by atoms with van der Waals surface area (Å²) in [5.41, 5.74) is -0.0984. The number of hydrogen-bond acceptors (Lipinski definition) is 4. The van der Waals surface area contributed by atoms with Crippen molar-refractivity contribution in [3.05, 3.63) is 65.7 Å². The SMILES string of the molecule is C[C@@]1(c2ccc(F)cc2)NC(=O)N(CC(=O)NCc2cccnc2)C1=O. The van der Waals surface area contributed by atoms with Gasteiger partial charge in [0, 0.05) is 18.9 Å². The van der Waals surface area contributed by atoms with Crippen molar-refractivity contribution >= 4 is 17.8 Å². The fourth-order valence-electron chi connectivity index (χ4n) is 2.72. The van der Waals surface area contributed by atoms with E-state index in [2.05, 4.69) is 15.6 Å². The normalized spacial score (nSPS) is 19.4. The zero-order valence-electron chi connectivity index (χ0n) is 14.0. The molecular formula is C18H17FN4O3. The number of rotatable bonds is 5. The summed E-state index contributed by atoms with van der Waals surface area (Å²) in [5, 5.41) is 5.21. The van der Waals surface area contributed by atoms with E-state index in [0.29, 0.717) is 5.56 Å². The zero-order valence-corrected chi connectivity index (χ0v) is 14.0. The van der Waals surface area contributed by atoms with Crippen LogP contribution in [-0.2, 0) is 21.7 Å². The molecular weight excluding hydrogens is 339 g/mol. The molecule has 8 heteroatoms. The molecule has 134 valence electrons. The Morgan fingerprint density at radius 3 is 2.65 bits per heavy atom. The number of halogens is 1. The first kappa shape index (κ1) is 17.5.